The predicted octanol–water partition coefficient (Wildman–Crippen LogP) is 5.26. The van der Waals surface area contributed by atoms with E-state index < -0.39 is 0 Å². The number of benzene rings is 1. The Balaban J connectivity index is 1.88. The maximum atomic E-state index is 13.8. The van der Waals surface area contributed by atoms with Gasteiger partial charge < -0.3 is 9.47 Å². The molecule has 7 nitrogen and oxygen atoms in total. The Kier molecular flexibility index (Phi) is 7.31. The third-order valence-electron chi connectivity index (χ3n) is 6.28. The van der Waals surface area contributed by atoms with Crippen LogP contribution in [-0.2, 0) is 13.1 Å². The molecule has 3 aromatic heterocycles. The summed E-state index contributed by atoms with van der Waals surface area (Å²) in [6.45, 7) is 10.8. The number of allylic oxidation sites excluding steroid dienone is 2. The second kappa shape index (κ2) is 10.6. The Labute approximate surface area is 206 Å². The average molecular weight is 469 g/mol. The third-order valence-corrected chi connectivity index (χ3v) is 6.28. The summed E-state index contributed by atoms with van der Waals surface area (Å²) in [6.07, 6.45) is 7.49. The molecule has 4 rings (SSSR count). The molecule has 0 aliphatic rings. The number of hydrogen-bond acceptors (Lipinski definition) is 5. The van der Waals surface area contributed by atoms with E-state index in [4.69, 9.17) is 0 Å². The maximum absolute atomic E-state index is 13.8. The number of unbranched alkanes of at least 4 members (excludes halogenated alkanes) is 1. The number of aromatic nitrogens is 4. The van der Waals surface area contributed by atoms with Crippen molar-refractivity contribution in [3.63, 3.8) is 0 Å². The van der Waals surface area contributed by atoms with Gasteiger partial charge in [0.25, 0.3) is 5.56 Å². The number of nitrogens with zero attached hydrogens (tertiary/aromatic N) is 6. The zero-order valence-corrected chi connectivity index (χ0v) is 21.0. The standard InChI is InChI=1S/C28H32N6O/c1-5-7-14-32(6-2)27-23(17-29)25-26(34(27)15-12-20(3)4)28(35)33(19-31-25)18-21-10-11-24-22(16-21)9-8-13-30-24/h8-13,16,19H,5-7,14-15,18H2,1-4H3. The lowest BCUT2D eigenvalue weighted by Crippen LogP contribution is -2.28. The molecule has 0 saturated carbocycles. The fourth-order valence-electron chi connectivity index (χ4n) is 4.43. The van der Waals surface area contributed by atoms with Gasteiger partial charge in [0.1, 0.15) is 28.5 Å². The Hall–Kier alpha value is -3.92. The molecular weight excluding hydrogens is 436 g/mol. The molecule has 7 heteroatoms. The van der Waals surface area contributed by atoms with Gasteiger partial charge in [-0.2, -0.15) is 5.26 Å². The SMILES string of the molecule is CCCCN(CC)c1c(C#N)c2ncn(Cc3ccc4ncccc4c3)c(=O)c2n1CC=C(C)C. The van der Waals surface area contributed by atoms with E-state index in [0.717, 1.165) is 53.8 Å². The highest BCUT2D eigenvalue weighted by atomic mass is 16.1. The summed E-state index contributed by atoms with van der Waals surface area (Å²) in [4.78, 5) is 25.0. The molecule has 0 N–H and O–H groups in total. The van der Waals surface area contributed by atoms with Crippen LogP contribution >= 0.6 is 0 Å². The van der Waals surface area contributed by atoms with Crippen molar-refractivity contribution in [2.24, 2.45) is 0 Å². The molecule has 0 atom stereocenters. The summed E-state index contributed by atoms with van der Waals surface area (Å²) in [5, 5.41) is 11.1. The van der Waals surface area contributed by atoms with E-state index >= 15 is 0 Å². The van der Waals surface area contributed by atoms with Crippen LogP contribution in [0.1, 0.15) is 51.7 Å². The molecule has 0 aliphatic carbocycles. The molecule has 0 radical (unpaired) electrons. The van der Waals surface area contributed by atoms with Gasteiger partial charge in [0.15, 0.2) is 0 Å². The first-order valence-electron chi connectivity index (χ1n) is 12.2. The highest BCUT2D eigenvalue weighted by molar-refractivity contribution is 5.89. The first-order valence-corrected chi connectivity index (χ1v) is 12.2. The van der Waals surface area contributed by atoms with Crippen LogP contribution in [0.4, 0.5) is 5.82 Å². The number of rotatable bonds is 9. The Morgan fingerprint density at radius 3 is 2.74 bits per heavy atom. The van der Waals surface area contributed by atoms with Crippen molar-refractivity contribution in [2.45, 2.75) is 53.6 Å². The highest BCUT2D eigenvalue weighted by Gasteiger charge is 2.25. The molecule has 0 amide bonds. The minimum atomic E-state index is -0.141. The van der Waals surface area contributed by atoms with Gasteiger partial charge in [0, 0.05) is 31.2 Å². The van der Waals surface area contributed by atoms with E-state index in [1.54, 1.807) is 17.1 Å². The summed E-state index contributed by atoms with van der Waals surface area (Å²) in [5.41, 5.74) is 4.36. The van der Waals surface area contributed by atoms with E-state index in [1.807, 2.05) is 42.7 Å². The van der Waals surface area contributed by atoms with E-state index in [9.17, 15) is 10.1 Å². The number of fused-ring (bicyclic) bond motifs is 2. The predicted molar refractivity (Wildman–Crippen MR) is 142 cm³/mol. The summed E-state index contributed by atoms with van der Waals surface area (Å²) in [6, 6.07) is 12.3. The van der Waals surface area contributed by atoms with Gasteiger partial charge in [-0.25, -0.2) is 4.98 Å². The van der Waals surface area contributed by atoms with Gasteiger partial charge >= 0.3 is 0 Å². The normalized spacial score (nSPS) is 11.1. The maximum Gasteiger partial charge on any atom is 0.278 e. The van der Waals surface area contributed by atoms with Crippen LogP contribution in [0.25, 0.3) is 21.9 Å². The van der Waals surface area contributed by atoms with Crippen LogP contribution in [0.2, 0.25) is 0 Å². The fourth-order valence-corrected chi connectivity index (χ4v) is 4.43. The second-order valence-electron chi connectivity index (χ2n) is 9.04. The molecule has 0 spiro atoms. The minimum Gasteiger partial charge on any atom is -0.357 e. The average Bonchev–Trinajstić information content (AvgIpc) is 3.18. The van der Waals surface area contributed by atoms with Crippen LogP contribution in [-0.4, -0.2) is 32.2 Å². The zero-order chi connectivity index (χ0) is 24.9. The zero-order valence-electron chi connectivity index (χ0n) is 21.0. The molecule has 0 unspecified atom stereocenters. The van der Waals surface area contributed by atoms with Gasteiger partial charge in [-0.05, 0) is 51.0 Å². The molecule has 0 fully saturated rings. The Morgan fingerprint density at radius 2 is 2.03 bits per heavy atom. The molecule has 4 aromatic rings. The smallest absolute Gasteiger partial charge is 0.278 e. The van der Waals surface area contributed by atoms with Crippen LogP contribution in [0.15, 0.2) is 59.3 Å². The monoisotopic (exact) mass is 468 g/mol. The lowest BCUT2D eigenvalue weighted by atomic mass is 10.1. The lowest BCUT2D eigenvalue weighted by Gasteiger charge is -2.25. The number of nitriles is 1. The largest absolute Gasteiger partial charge is 0.357 e. The van der Waals surface area contributed by atoms with E-state index in [-0.39, 0.29) is 5.56 Å². The first-order chi connectivity index (χ1) is 17.0. The fraction of sp³-hybridized carbons (Fsp3) is 0.357. The van der Waals surface area contributed by atoms with Gasteiger partial charge in [0.05, 0.1) is 18.4 Å². The van der Waals surface area contributed by atoms with E-state index in [0.29, 0.717) is 29.7 Å². The summed E-state index contributed by atoms with van der Waals surface area (Å²) in [5.74, 6) is 0.787. The molecule has 3 heterocycles. The first kappa shape index (κ1) is 24.2. The van der Waals surface area contributed by atoms with Gasteiger partial charge in [0.2, 0.25) is 0 Å². The third kappa shape index (κ3) is 4.83. The van der Waals surface area contributed by atoms with Crippen LogP contribution in [0.5, 0.6) is 0 Å². The van der Waals surface area contributed by atoms with Crippen LogP contribution in [0, 0.1) is 11.3 Å². The number of hydrogen-bond donors (Lipinski definition) is 0. The number of pyridine rings is 1. The summed E-state index contributed by atoms with van der Waals surface area (Å²) < 4.78 is 3.61. The van der Waals surface area contributed by atoms with Crippen molar-refractivity contribution in [2.75, 3.05) is 18.0 Å². The van der Waals surface area contributed by atoms with Crippen molar-refractivity contribution >= 4 is 27.8 Å². The lowest BCUT2D eigenvalue weighted by molar-refractivity contribution is 0.695. The molecule has 0 aliphatic heterocycles. The van der Waals surface area contributed by atoms with Crippen LogP contribution < -0.4 is 10.5 Å². The molecule has 35 heavy (non-hydrogen) atoms. The van der Waals surface area contributed by atoms with Crippen molar-refractivity contribution in [3.05, 3.63) is 76.0 Å². The molecule has 0 bridgehead atoms. The van der Waals surface area contributed by atoms with Crippen LogP contribution in [0.3, 0.4) is 0 Å². The van der Waals surface area contributed by atoms with Crippen molar-refractivity contribution in [1.29, 1.82) is 5.26 Å². The van der Waals surface area contributed by atoms with Crippen molar-refractivity contribution < 1.29 is 0 Å². The van der Waals surface area contributed by atoms with Gasteiger partial charge in [-0.1, -0.05) is 37.1 Å². The second-order valence-corrected chi connectivity index (χ2v) is 9.04. The Bertz CT molecular complexity index is 1480. The van der Waals surface area contributed by atoms with Gasteiger partial charge in [-0.3, -0.25) is 14.3 Å². The minimum absolute atomic E-state index is 0.141. The van der Waals surface area contributed by atoms with Crippen molar-refractivity contribution in [1.82, 2.24) is 19.1 Å². The van der Waals surface area contributed by atoms with Crippen molar-refractivity contribution in [3.8, 4) is 6.07 Å². The van der Waals surface area contributed by atoms with Gasteiger partial charge in [-0.15, -0.1) is 0 Å². The summed E-state index contributed by atoms with van der Waals surface area (Å²) in [7, 11) is 0. The Morgan fingerprint density at radius 1 is 1.20 bits per heavy atom. The molecule has 180 valence electrons. The molecular formula is C28H32N6O. The number of anilines is 1. The molecule has 0 saturated heterocycles. The van der Waals surface area contributed by atoms with E-state index in [1.165, 1.54) is 0 Å². The topological polar surface area (TPSA) is 79.7 Å². The highest BCUT2D eigenvalue weighted by Crippen LogP contribution is 2.30. The summed E-state index contributed by atoms with van der Waals surface area (Å²) >= 11 is 0. The quantitative estimate of drug-likeness (QED) is 0.313. The van der Waals surface area contributed by atoms with E-state index in [2.05, 4.69) is 46.9 Å². The molecule has 1 aromatic carbocycles.